The number of hydrogen-bond donors (Lipinski definition) is 0. The van der Waals surface area contributed by atoms with E-state index >= 15 is 0 Å². The molecule has 3 rings (SSSR count). The molecule has 0 aromatic heterocycles. The van der Waals surface area contributed by atoms with Crippen LogP contribution in [0.15, 0.2) is 0 Å². The predicted molar refractivity (Wildman–Crippen MR) is 80.9 cm³/mol. The first kappa shape index (κ1) is 15.3. The molecule has 0 bridgehead atoms. The average molecular weight is 307 g/mol. The van der Waals surface area contributed by atoms with Gasteiger partial charge in [-0.25, -0.2) is 0 Å². The van der Waals surface area contributed by atoms with E-state index in [1.165, 1.54) is 0 Å². The number of nitrogens with zero attached hydrogens (tertiary/aromatic N) is 3. The van der Waals surface area contributed by atoms with Crippen LogP contribution >= 0.6 is 0 Å². The fraction of sp³-hybridized carbons (Fsp3) is 0.812. The van der Waals surface area contributed by atoms with E-state index in [0.29, 0.717) is 39.3 Å². The Bertz CT molecular complexity index is 459. The SMILES string of the molecule is CC(=O)N1CCC(C(=O)N2CCN(C(=O)C3CC3)CC2)CC1. The van der Waals surface area contributed by atoms with Crippen molar-refractivity contribution < 1.29 is 14.4 Å². The minimum Gasteiger partial charge on any atom is -0.343 e. The van der Waals surface area contributed by atoms with E-state index < -0.39 is 0 Å². The van der Waals surface area contributed by atoms with E-state index in [0.717, 1.165) is 25.7 Å². The third-order valence-electron chi connectivity index (χ3n) is 5.12. The lowest BCUT2D eigenvalue weighted by Crippen LogP contribution is -2.53. The summed E-state index contributed by atoms with van der Waals surface area (Å²) < 4.78 is 0. The van der Waals surface area contributed by atoms with Gasteiger partial charge in [-0.2, -0.15) is 0 Å². The largest absolute Gasteiger partial charge is 0.343 e. The minimum absolute atomic E-state index is 0.0429. The Morgan fingerprint density at radius 2 is 1.05 bits per heavy atom. The fourth-order valence-electron chi connectivity index (χ4n) is 3.44. The number of piperidine rings is 1. The van der Waals surface area contributed by atoms with Gasteiger partial charge in [-0.05, 0) is 25.7 Å². The third-order valence-corrected chi connectivity index (χ3v) is 5.12. The molecule has 0 spiro atoms. The molecule has 3 aliphatic rings. The van der Waals surface area contributed by atoms with Crippen molar-refractivity contribution in [2.75, 3.05) is 39.3 Å². The highest BCUT2D eigenvalue weighted by atomic mass is 16.2. The number of carbonyl (C=O) groups excluding carboxylic acids is 3. The fourth-order valence-corrected chi connectivity index (χ4v) is 3.44. The Morgan fingerprint density at radius 3 is 1.41 bits per heavy atom. The van der Waals surface area contributed by atoms with Crippen LogP contribution in [0.4, 0.5) is 0 Å². The highest BCUT2D eigenvalue weighted by Gasteiger charge is 2.36. The van der Waals surface area contributed by atoms with Crippen molar-refractivity contribution in [2.24, 2.45) is 11.8 Å². The number of rotatable bonds is 2. The predicted octanol–water partition coefficient (Wildman–Crippen LogP) is 0.326. The lowest BCUT2D eigenvalue weighted by atomic mass is 9.95. The zero-order valence-corrected chi connectivity index (χ0v) is 13.3. The van der Waals surface area contributed by atoms with Crippen LogP contribution in [0, 0.1) is 11.8 Å². The van der Waals surface area contributed by atoms with Gasteiger partial charge in [-0.3, -0.25) is 14.4 Å². The normalized spacial score (nSPS) is 23.6. The monoisotopic (exact) mass is 307 g/mol. The topological polar surface area (TPSA) is 60.9 Å². The number of piperazine rings is 1. The Morgan fingerprint density at radius 1 is 0.636 bits per heavy atom. The lowest BCUT2D eigenvalue weighted by Gasteiger charge is -2.38. The van der Waals surface area contributed by atoms with Gasteiger partial charge in [0.05, 0.1) is 0 Å². The smallest absolute Gasteiger partial charge is 0.225 e. The van der Waals surface area contributed by atoms with Gasteiger partial charge in [0.1, 0.15) is 0 Å². The van der Waals surface area contributed by atoms with Crippen LogP contribution in [0.1, 0.15) is 32.6 Å². The minimum atomic E-state index is 0.0429. The van der Waals surface area contributed by atoms with Gasteiger partial charge >= 0.3 is 0 Å². The number of carbonyl (C=O) groups is 3. The molecule has 1 aliphatic carbocycles. The highest BCUT2D eigenvalue weighted by Crippen LogP contribution is 2.31. The number of likely N-dealkylation sites (tertiary alicyclic amines) is 1. The molecule has 0 atom stereocenters. The summed E-state index contributed by atoms with van der Waals surface area (Å²) in [5, 5.41) is 0. The van der Waals surface area contributed by atoms with E-state index in [-0.39, 0.29) is 29.6 Å². The summed E-state index contributed by atoms with van der Waals surface area (Å²) in [5.74, 6) is 0.890. The molecule has 0 unspecified atom stereocenters. The van der Waals surface area contributed by atoms with Crippen molar-refractivity contribution in [1.29, 1.82) is 0 Å². The second-order valence-corrected chi connectivity index (χ2v) is 6.71. The van der Waals surface area contributed by atoms with Gasteiger partial charge in [-0.1, -0.05) is 0 Å². The zero-order chi connectivity index (χ0) is 15.7. The molecule has 6 nitrogen and oxygen atoms in total. The second kappa shape index (κ2) is 6.26. The van der Waals surface area contributed by atoms with Crippen LogP contribution < -0.4 is 0 Å². The maximum absolute atomic E-state index is 12.6. The van der Waals surface area contributed by atoms with E-state index in [4.69, 9.17) is 0 Å². The molecule has 1 saturated carbocycles. The van der Waals surface area contributed by atoms with E-state index in [1.54, 1.807) is 6.92 Å². The molecule has 22 heavy (non-hydrogen) atoms. The van der Waals surface area contributed by atoms with Crippen molar-refractivity contribution in [3.05, 3.63) is 0 Å². The van der Waals surface area contributed by atoms with Gasteiger partial charge in [0.2, 0.25) is 17.7 Å². The van der Waals surface area contributed by atoms with Crippen LogP contribution in [-0.2, 0) is 14.4 Å². The Hall–Kier alpha value is -1.59. The molecule has 2 aliphatic heterocycles. The molecule has 2 heterocycles. The van der Waals surface area contributed by atoms with Crippen molar-refractivity contribution in [3.8, 4) is 0 Å². The summed E-state index contributed by atoms with van der Waals surface area (Å²) in [6.07, 6.45) is 3.60. The first-order chi connectivity index (χ1) is 10.6. The molecule has 0 N–H and O–H groups in total. The molecule has 0 aromatic carbocycles. The summed E-state index contributed by atoms with van der Waals surface area (Å²) in [4.78, 5) is 41.6. The van der Waals surface area contributed by atoms with Gasteiger partial charge in [0.15, 0.2) is 0 Å². The van der Waals surface area contributed by atoms with E-state index in [1.807, 2.05) is 14.7 Å². The number of hydrogen-bond acceptors (Lipinski definition) is 3. The van der Waals surface area contributed by atoms with Gasteiger partial charge < -0.3 is 14.7 Å². The van der Waals surface area contributed by atoms with Crippen molar-refractivity contribution in [3.63, 3.8) is 0 Å². The second-order valence-electron chi connectivity index (χ2n) is 6.71. The van der Waals surface area contributed by atoms with E-state index in [2.05, 4.69) is 0 Å². The summed E-state index contributed by atoms with van der Waals surface area (Å²) in [6, 6.07) is 0. The Labute approximate surface area is 131 Å². The summed E-state index contributed by atoms with van der Waals surface area (Å²) in [5.41, 5.74) is 0. The standard InChI is InChI=1S/C16H25N3O3/c1-12(20)17-6-4-14(5-7-17)16(22)19-10-8-18(9-11-19)15(21)13-2-3-13/h13-14H,2-11H2,1H3. The first-order valence-electron chi connectivity index (χ1n) is 8.39. The maximum atomic E-state index is 12.6. The average Bonchev–Trinajstić information content (AvgIpc) is 3.38. The van der Waals surface area contributed by atoms with Crippen molar-refractivity contribution >= 4 is 17.7 Å². The Balaban J connectivity index is 1.46. The molecule has 6 heteroatoms. The van der Waals surface area contributed by atoms with Crippen molar-refractivity contribution in [2.45, 2.75) is 32.6 Å². The summed E-state index contributed by atoms with van der Waals surface area (Å²) in [6.45, 7) is 5.62. The summed E-state index contributed by atoms with van der Waals surface area (Å²) in [7, 11) is 0. The van der Waals surface area contributed by atoms with Gasteiger partial charge in [0.25, 0.3) is 0 Å². The molecule has 3 fully saturated rings. The lowest BCUT2D eigenvalue weighted by molar-refractivity contribution is -0.144. The maximum Gasteiger partial charge on any atom is 0.225 e. The molecule has 3 amide bonds. The molecule has 0 aromatic rings. The van der Waals surface area contributed by atoms with Crippen LogP contribution in [0.2, 0.25) is 0 Å². The molecular formula is C16H25N3O3. The van der Waals surface area contributed by atoms with Crippen LogP contribution in [0.5, 0.6) is 0 Å². The molecule has 0 radical (unpaired) electrons. The van der Waals surface area contributed by atoms with Crippen molar-refractivity contribution in [1.82, 2.24) is 14.7 Å². The van der Waals surface area contributed by atoms with E-state index in [9.17, 15) is 14.4 Å². The molecule has 122 valence electrons. The Kier molecular flexibility index (Phi) is 4.36. The van der Waals surface area contributed by atoms with Gasteiger partial charge in [0, 0.05) is 58.0 Å². The van der Waals surface area contributed by atoms with Gasteiger partial charge in [-0.15, -0.1) is 0 Å². The number of amides is 3. The molecule has 2 saturated heterocycles. The van der Waals surface area contributed by atoms with Crippen LogP contribution in [-0.4, -0.2) is 71.7 Å². The highest BCUT2D eigenvalue weighted by molar-refractivity contribution is 5.82. The summed E-state index contributed by atoms with van der Waals surface area (Å²) >= 11 is 0. The third kappa shape index (κ3) is 3.25. The first-order valence-corrected chi connectivity index (χ1v) is 8.39. The quantitative estimate of drug-likeness (QED) is 0.738. The zero-order valence-electron chi connectivity index (χ0n) is 13.3. The molecular weight excluding hydrogens is 282 g/mol. The van der Waals surface area contributed by atoms with Crippen LogP contribution in [0.25, 0.3) is 0 Å². The van der Waals surface area contributed by atoms with Crippen LogP contribution in [0.3, 0.4) is 0 Å².